The van der Waals surface area contributed by atoms with E-state index in [1.807, 2.05) is 6.07 Å². The van der Waals surface area contributed by atoms with Crippen LogP contribution in [0.25, 0.3) is 0 Å². The third kappa shape index (κ3) is 5.72. The monoisotopic (exact) mass is 470 g/mol. The molecule has 174 valence electrons. The number of hydrogen-bond acceptors (Lipinski definition) is 6. The first kappa shape index (κ1) is 24.3. The fraction of sp³-hybridized carbons (Fsp3) is 0.333. The molecule has 2 aromatic carbocycles. The minimum Gasteiger partial charge on any atom is -0.481 e. The molecule has 0 N–H and O–H groups in total. The molecule has 0 spiro atoms. The average Bonchev–Trinajstić information content (AvgIpc) is 3.08. The van der Waals surface area contributed by atoms with Gasteiger partial charge < -0.3 is 14.4 Å². The molecule has 1 aliphatic heterocycles. The fourth-order valence-electron chi connectivity index (χ4n) is 3.57. The van der Waals surface area contributed by atoms with Crippen LogP contribution in [-0.4, -0.2) is 68.9 Å². The van der Waals surface area contributed by atoms with Crippen LogP contribution in [0.4, 0.5) is 0 Å². The summed E-state index contributed by atoms with van der Waals surface area (Å²) in [4.78, 5) is 27.0. The Morgan fingerprint density at radius 1 is 1.03 bits per heavy atom. The molecule has 9 heteroatoms. The standard InChI is InChI=1S/C24H26N2O6S/c1-3-4-18-32-20-10-12-21(13-11-20)33(29,30)26-17-16-25(15-14-22(26)24(28)31-2)23(27)19-8-6-5-7-9-19/h5-13,22H,14-18H2,1-2H3. The maximum Gasteiger partial charge on any atom is 0.324 e. The summed E-state index contributed by atoms with van der Waals surface area (Å²) in [5.41, 5.74) is 0.506. The van der Waals surface area contributed by atoms with Gasteiger partial charge in [0.1, 0.15) is 18.4 Å². The first-order valence-electron chi connectivity index (χ1n) is 10.4. The highest BCUT2D eigenvalue weighted by Gasteiger charge is 2.39. The van der Waals surface area contributed by atoms with Crippen molar-refractivity contribution in [2.45, 2.75) is 24.3 Å². The number of amides is 1. The predicted molar refractivity (Wildman–Crippen MR) is 122 cm³/mol. The van der Waals surface area contributed by atoms with Crippen molar-refractivity contribution in [3.05, 3.63) is 60.2 Å². The third-order valence-corrected chi connectivity index (χ3v) is 7.23. The normalized spacial score (nSPS) is 16.8. The molecule has 1 atom stereocenters. The lowest BCUT2D eigenvalue weighted by Gasteiger charge is -2.26. The summed E-state index contributed by atoms with van der Waals surface area (Å²) in [6.45, 7) is 2.24. The van der Waals surface area contributed by atoms with E-state index in [2.05, 4.69) is 11.8 Å². The van der Waals surface area contributed by atoms with Gasteiger partial charge in [0.2, 0.25) is 10.0 Å². The molecule has 33 heavy (non-hydrogen) atoms. The van der Waals surface area contributed by atoms with Crippen molar-refractivity contribution in [3.63, 3.8) is 0 Å². The van der Waals surface area contributed by atoms with E-state index in [9.17, 15) is 18.0 Å². The summed E-state index contributed by atoms with van der Waals surface area (Å²) in [5.74, 6) is 5.09. The second kappa shape index (κ2) is 11.0. The summed E-state index contributed by atoms with van der Waals surface area (Å²) in [7, 11) is -2.82. The number of hydrogen-bond donors (Lipinski definition) is 0. The summed E-state index contributed by atoms with van der Waals surface area (Å²) < 4.78 is 38.3. The van der Waals surface area contributed by atoms with Gasteiger partial charge in [-0.15, -0.1) is 5.92 Å². The smallest absolute Gasteiger partial charge is 0.324 e. The molecular weight excluding hydrogens is 444 g/mol. The number of sulfonamides is 1. The van der Waals surface area contributed by atoms with E-state index in [0.29, 0.717) is 11.3 Å². The topological polar surface area (TPSA) is 93.2 Å². The van der Waals surface area contributed by atoms with Gasteiger partial charge in [0.05, 0.1) is 12.0 Å². The maximum atomic E-state index is 13.4. The lowest BCUT2D eigenvalue weighted by molar-refractivity contribution is -0.145. The Bertz CT molecular complexity index is 1140. The van der Waals surface area contributed by atoms with Gasteiger partial charge in [-0.2, -0.15) is 4.31 Å². The molecule has 1 amide bonds. The Hall–Kier alpha value is -3.35. The summed E-state index contributed by atoms with van der Waals surface area (Å²) in [6.07, 6.45) is 0.126. The van der Waals surface area contributed by atoms with Crippen LogP contribution >= 0.6 is 0 Å². The Morgan fingerprint density at radius 3 is 2.36 bits per heavy atom. The van der Waals surface area contributed by atoms with Crippen LogP contribution in [0.2, 0.25) is 0 Å². The lowest BCUT2D eigenvalue weighted by Crippen LogP contribution is -2.46. The summed E-state index contributed by atoms with van der Waals surface area (Å²) in [6, 6.07) is 13.7. The summed E-state index contributed by atoms with van der Waals surface area (Å²) >= 11 is 0. The molecule has 0 saturated carbocycles. The highest BCUT2D eigenvalue weighted by Crippen LogP contribution is 2.25. The van der Waals surface area contributed by atoms with Crippen LogP contribution in [0.1, 0.15) is 23.7 Å². The summed E-state index contributed by atoms with van der Waals surface area (Å²) in [5, 5.41) is 0. The largest absolute Gasteiger partial charge is 0.481 e. The third-order valence-electron chi connectivity index (χ3n) is 5.31. The number of carbonyl (C=O) groups excluding carboxylic acids is 2. The van der Waals surface area contributed by atoms with Crippen LogP contribution in [0.15, 0.2) is 59.5 Å². The van der Waals surface area contributed by atoms with Crippen molar-refractivity contribution in [3.8, 4) is 17.6 Å². The molecule has 0 aromatic heterocycles. The van der Waals surface area contributed by atoms with Crippen molar-refractivity contribution in [2.75, 3.05) is 33.4 Å². The molecule has 8 nitrogen and oxygen atoms in total. The molecule has 0 radical (unpaired) electrons. The van der Waals surface area contributed by atoms with Gasteiger partial charge in [-0.25, -0.2) is 8.42 Å². The maximum absolute atomic E-state index is 13.4. The fourth-order valence-corrected chi connectivity index (χ4v) is 5.17. The van der Waals surface area contributed by atoms with Crippen LogP contribution in [-0.2, 0) is 19.6 Å². The van der Waals surface area contributed by atoms with Gasteiger partial charge in [0, 0.05) is 25.2 Å². The SMILES string of the molecule is CC#CCOc1ccc(S(=O)(=O)N2CCN(C(=O)c3ccccc3)CCC2C(=O)OC)cc1. The first-order valence-corrected chi connectivity index (χ1v) is 11.9. The highest BCUT2D eigenvalue weighted by molar-refractivity contribution is 7.89. The Labute approximate surface area is 194 Å². The molecule has 2 aromatic rings. The van der Waals surface area contributed by atoms with E-state index in [1.54, 1.807) is 48.2 Å². The second-order valence-corrected chi connectivity index (χ2v) is 9.18. The zero-order chi connectivity index (χ0) is 23.8. The number of nitrogens with zero attached hydrogens (tertiary/aromatic N) is 2. The van der Waals surface area contributed by atoms with Gasteiger partial charge in [-0.3, -0.25) is 9.59 Å². The number of carbonyl (C=O) groups is 2. The lowest BCUT2D eigenvalue weighted by atomic mass is 10.2. The number of rotatable bonds is 6. The van der Waals surface area contributed by atoms with E-state index in [0.717, 1.165) is 4.31 Å². The van der Waals surface area contributed by atoms with Crippen molar-refractivity contribution in [2.24, 2.45) is 0 Å². The number of esters is 1. The molecule has 1 aliphatic rings. The second-order valence-electron chi connectivity index (χ2n) is 7.29. The number of methoxy groups -OCH3 is 1. The van der Waals surface area contributed by atoms with E-state index in [-0.39, 0.29) is 43.5 Å². The molecule has 0 bridgehead atoms. The van der Waals surface area contributed by atoms with Gasteiger partial charge in [0.15, 0.2) is 0 Å². The van der Waals surface area contributed by atoms with Gasteiger partial charge >= 0.3 is 5.97 Å². The van der Waals surface area contributed by atoms with Crippen LogP contribution in [0.3, 0.4) is 0 Å². The number of benzene rings is 2. The quantitative estimate of drug-likeness (QED) is 0.475. The van der Waals surface area contributed by atoms with Gasteiger partial charge in [-0.1, -0.05) is 24.1 Å². The Morgan fingerprint density at radius 2 is 1.73 bits per heavy atom. The van der Waals surface area contributed by atoms with Crippen LogP contribution in [0.5, 0.6) is 5.75 Å². The first-order chi connectivity index (χ1) is 15.9. The van der Waals surface area contributed by atoms with E-state index in [4.69, 9.17) is 9.47 Å². The predicted octanol–water partition coefficient (Wildman–Crippen LogP) is 2.17. The van der Waals surface area contributed by atoms with Gasteiger partial charge in [-0.05, 0) is 49.7 Å². The molecule has 1 saturated heterocycles. The highest BCUT2D eigenvalue weighted by atomic mass is 32.2. The van der Waals surface area contributed by atoms with Crippen molar-refractivity contribution in [1.82, 2.24) is 9.21 Å². The van der Waals surface area contributed by atoms with E-state index < -0.39 is 22.0 Å². The van der Waals surface area contributed by atoms with Crippen molar-refractivity contribution < 1.29 is 27.5 Å². The Kier molecular flexibility index (Phi) is 8.09. The van der Waals surface area contributed by atoms with Crippen molar-refractivity contribution >= 4 is 21.9 Å². The Balaban J connectivity index is 1.84. The van der Waals surface area contributed by atoms with E-state index >= 15 is 0 Å². The van der Waals surface area contributed by atoms with Crippen LogP contribution < -0.4 is 4.74 Å². The molecular formula is C24H26N2O6S. The molecule has 1 fully saturated rings. The molecule has 1 heterocycles. The van der Waals surface area contributed by atoms with Gasteiger partial charge in [0.25, 0.3) is 5.91 Å². The van der Waals surface area contributed by atoms with Crippen molar-refractivity contribution in [1.29, 1.82) is 0 Å². The molecule has 1 unspecified atom stereocenters. The molecule has 0 aliphatic carbocycles. The minimum atomic E-state index is -4.03. The van der Waals surface area contributed by atoms with Crippen LogP contribution in [0, 0.1) is 11.8 Å². The number of ether oxygens (including phenoxy) is 2. The molecule has 3 rings (SSSR count). The zero-order valence-corrected chi connectivity index (χ0v) is 19.4. The minimum absolute atomic E-state index is 0.0214. The average molecular weight is 471 g/mol. The van der Waals surface area contributed by atoms with E-state index in [1.165, 1.54) is 19.2 Å². The zero-order valence-electron chi connectivity index (χ0n) is 18.6.